The summed E-state index contributed by atoms with van der Waals surface area (Å²) in [5.74, 6) is -0.300. The van der Waals surface area contributed by atoms with E-state index >= 15 is 0 Å². The fraction of sp³-hybridized carbons (Fsp3) is 0.0526. The normalized spacial score (nSPS) is 10.6. The Labute approximate surface area is 128 Å². The smallest absolute Gasteiger partial charge is 0.132 e. The van der Waals surface area contributed by atoms with Crippen molar-refractivity contribution in [1.82, 2.24) is 0 Å². The van der Waals surface area contributed by atoms with Crippen molar-refractivity contribution in [3.63, 3.8) is 0 Å². The molecule has 0 unspecified atom stereocenters. The number of halogens is 2. The lowest BCUT2D eigenvalue weighted by molar-refractivity contribution is 0.631. The molecule has 0 saturated carbocycles. The van der Waals surface area contributed by atoms with Crippen LogP contribution in [0.4, 0.5) is 4.39 Å². The molecule has 0 atom stereocenters. The summed E-state index contributed by atoms with van der Waals surface area (Å²) < 4.78 is 13.9. The molecule has 0 bridgehead atoms. The zero-order valence-electron chi connectivity index (χ0n) is 11.6. The Morgan fingerprint density at radius 3 is 1.81 bits per heavy atom. The molecule has 3 aromatic carbocycles. The average Bonchev–Trinajstić information content (AvgIpc) is 2.48. The molecule has 0 spiro atoms. The summed E-state index contributed by atoms with van der Waals surface area (Å²) >= 11 is 5.78. The van der Waals surface area contributed by atoms with Crippen molar-refractivity contribution in [3.05, 3.63) is 83.1 Å². The summed E-state index contributed by atoms with van der Waals surface area (Å²) in [5.41, 5.74) is 4.92. The van der Waals surface area contributed by atoms with E-state index in [2.05, 4.69) is 31.2 Å². The van der Waals surface area contributed by atoms with Crippen molar-refractivity contribution < 1.29 is 4.39 Å². The summed E-state index contributed by atoms with van der Waals surface area (Å²) in [4.78, 5) is 0. The van der Waals surface area contributed by atoms with Gasteiger partial charge in [-0.3, -0.25) is 0 Å². The first kappa shape index (κ1) is 13.8. The van der Waals surface area contributed by atoms with Gasteiger partial charge in [0.2, 0.25) is 0 Å². The van der Waals surface area contributed by atoms with Gasteiger partial charge in [-0.25, -0.2) is 4.39 Å². The van der Waals surface area contributed by atoms with E-state index in [0.29, 0.717) is 10.6 Å². The van der Waals surface area contributed by atoms with Gasteiger partial charge in [0.05, 0.1) is 0 Å². The Morgan fingerprint density at radius 2 is 1.24 bits per heavy atom. The molecular formula is C19H14ClF. The lowest BCUT2D eigenvalue weighted by Gasteiger charge is -2.07. The molecule has 3 aromatic rings. The monoisotopic (exact) mass is 296 g/mol. The van der Waals surface area contributed by atoms with Crippen LogP contribution >= 0.6 is 11.6 Å². The Hall–Kier alpha value is -2.12. The van der Waals surface area contributed by atoms with Crippen LogP contribution < -0.4 is 0 Å². The van der Waals surface area contributed by atoms with Crippen LogP contribution in [-0.2, 0) is 0 Å². The number of hydrogen-bond acceptors (Lipinski definition) is 0. The molecule has 0 heterocycles. The maximum Gasteiger partial charge on any atom is 0.132 e. The van der Waals surface area contributed by atoms with Crippen molar-refractivity contribution in [1.29, 1.82) is 0 Å². The standard InChI is InChI=1S/C19H14ClF/c1-13-2-4-14(5-3-13)15-6-8-16(9-7-15)18-11-10-17(20)12-19(18)21/h2-12H,1H3. The number of hydrogen-bond donors (Lipinski definition) is 0. The molecule has 21 heavy (non-hydrogen) atoms. The molecule has 104 valence electrons. The molecule has 2 heteroatoms. The Balaban J connectivity index is 1.95. The number of benzene rings is 3. The summed E-state index contributed by atoms with van der Waals surface area (Å²) in [6.45, 7) is 2.07. The fourth-order valence-electron chi connectivity index (χ4n) is 2.31. The van der Waals surface area contributed by atoms with E-state index in [-0.39, 0.29) is 5.82 Å². The molecule has 0 amide bonds. The van der Waals surface area contributed by atoms with Crippen LogP contribution in [0.25, 0.3) is 22.3 Å². The quantitative estimate of drug-likeness (QED) is 0.534. The lowest BCUT2D eigenvalue weighted by Crippen LogP contribution is -1.85. The van der Waals surface area contributed by atoms with Crippen molar-refractivity contribution >= 4 is 11.6 Å². The fourth-order valence-corrected chi connectivity index (χ4v) is 2.47. The first-order valence-corrected chi connectivity index (χ1v) is 7.14. The maximum atomic E-state index is 13.9. The molecule has 0 aliphatic heterocycles. The summed E-state index contributed by atoms with van der Waals surface area (Å²) in [6.07, 6.45) is 0. The van der Waals surface area contributed by atoms with Gasteiger partial charge in [0, 0.05) is 10.6 Å². The molecule has 0 aliphatic carbocycles. The average molecular weight is 297 g/mol. The SMILES string of the molecule is Cc1ccc(-c2ccc(-c3ccc(Cl)cc3F)cc2)cc1. The van der Waals surface area contributed by atoms with Crippen LogP contribution in [0.2, 0.25) is 5.02 Å². The third kappa shape index (κ3) is 2.98. The second-order valence-electron chi connectivity index (χ2n) is 5.07. The van der Waals surface area contributed by atoms with Crippen LogP contribution in [0.1, 0.15) is 5.56 Å². The lowest BCUT2D eigenvalue weighted by atomic mass is 9.99. The first-order chi connectivity index (χ1) is 10.1. The molecular weight excluding hydrogens is 283 g/mol. The summed E-state index contributed by atoms with van der Waals surface area (Å²) in [6, 6.07) is 21.0. The van der Waals surface area contributed by atoms with E-state index < -0.39 is 0 Å². The second kappa shape index (κ2) is 5.71. The molecule has 0 aromatic heterocycles. The minimum atomic E-state index is -0.300. The predicted molar refractivity (Wildman–Crippen MR) is 87.0 cm³/mol. The molecule has 0 N–H and O–H groups in total. The van der Waals surface area contributed by atoms with Crippen molar-refractivity contribution in [2.45, 2.75) is 6.92 Å². The zero-order chi connectivity index (χ0) is 14.8. The van der Waals surface area contributed by atoms with Crippen LogP contribution in [0.5, 0.6) is 0 Å². The third-order valence-electron chi connectivity index (χ3n) is 3.51. The van der Waals surface area contributed by atoms with Crippen molar-refractivity contribution in [2.75, 3.05) is 0 Å². The van der Waals surface area contributed by atoms with Crippen LogP contribution in [0, 0.1) is 12.7 Å². The highest BCUT2D eigenvalue weighted by atomic mass is 35.5. The van der Waals surface area contributed by atoms with E-state index in [1.165, 1.54) is 11.6 Å². The molecule has 0 fully saturated rings. The van der Waals surface area contributed by atoms with E-state index in [0.717, 1.165) is 16.7 Å². The van der Waals surface area contributed by atoms with Gasteiger partial charge in [-0.05, 0) is 41.8 Å². The molecule has 0 radical (unpaired) electrons. The van der Waals surface area contributed by atoms with Gasteiger partial charge in [0.1, 0.15) is 5.82 Å². The van der Waals surface area contributed by atoms with E-state index in [1.54, 1.807) is 12.1 Å². The van der Waals surface area contributed by atoms with Crippen LogP contribution in [0.3, 0.4) is 0 Å². The topological polar surface area (TPSA) is 0 Å². The van der Waals surface area contributed by atoms with Crippen LogP contribution in [0.15, 0.2) is 66.7 Å². The van der Waals surface area contributed by atoms with Gasteiger partial charge < -0.3 is 0 Å². The minimum Gasteiger partial charge on any atom is -0.206 e. The first-order valence-electron chi connectivity index (χ1n) is 6.76. The maximum absolute atomic E-state index is 13.9. The minimum absolute atomic E-state index is 0.300. The van der Waals surface area contributed by atoms with Gasteiger partial charge in [-0.2, -0.15) is 0 Å². The zero-order valence-corrected chi connectivity index (χ0v) is 12.4. The molecule has 0 aliphatic rings. The highest BCUT2D eigenvalue weighted by molar-refractivity contribution is 6.30. The van der Waals surface area contributed by atoms with E-state index in [9.17, 15) is 4.39 Å². The van der Waals surface area contributed by atoms with E-state index in [1.807, 2.05) is 24.3 Å². The van der Waals surface area contributed by atoms with Gasteiger partial charge in [-0.15, -0.1) is 0 Å². The summed E-state index contributed by atoms with van der Waals surface area (Å²) in [5, 5.41) is 0.410. The van der Waals surface area contributed by atoms with Crippen LogP contribution in [-0.4, -0.2) is 0 Å². The van der Waals surface area contributed by atoms with Gasteiger partial charge in [0.25, 0.3) is 0 Å². The summed E-state index contributed by atoms with van der Waals surface area (Å²) in [7, 11) is 0. The Morgan fingerprint density at radius 1 is 0.714 bits per heavy atom. The predicted octanol–water partition coefficient (Wildman–Crippen LogP) is 6.12. The van der Waals surface area contributed by atoms with E-state index in [4.69, 9.17) is 11.6 Å². The second-order valence-corrected chi connectivity index (χ2v) is 5.50. The highest BCUT2D eigenvalue weighted by Crippen LogP contribution is 2.28. The Kier molecular flexibility index (Phi) is 3.76. The van der Waals surface area contributed by atoms with Crippen molar-refractivity contribution in [3.8, 4) is 22.3 Å². The molecule has 3 rings (SSSR count). The molecule has 0 saturated heterocycles. The van der Waals surface area contributed by atoms with Crippen molar-refractivity contribution in [2.24, 2.45) is 0 Å². The highest BCUT2D eigenvalue weighted by Gasteiger charge is 2.06. The third-order valence-corrected chi connectivity index (χ3v) is 3.75. The molecule has 0 nitrogen and oxygen atoms in total. The van der Waals surface area contributed by atoms with Gasteiger partial charge in [0.15, 0.2) is 0 Å². The van der Waals surface area contributed by atoms with Gasteiger partial charge >= 0.3 is 0 Å². The number of aryl methyl sites for hydroxylation is 1. The Bertz CT molecular complexity index is 759. The number of rotatable bonds is 2. The van der Waals surface area contributed by atoms with Gasteiger partial charge in [-0.1, -0.05) is 65.7 Å². The largest absolute Gasteiger partial charge is 0.206 e.